The van der Waals surface area contributed by atoms with Crippen molar-refractivity contribution < 1.29 is 14.0 Å². The first-order valence-corrected chi connectivity index (χ1v) is 11.0. The van der Waals surface area contributed by atoms with Crippen molar-refractivity contribution >= 4 is 33.4 Å². The summed E-state index contributed by atoms with van der Waals surface area (Å²) >= 11 is 3.21. The fourth-order valence-electron chi connectivity index (χ4n) is 3.60. The van der Waals surface area contributed by atoms with Crippen molar-refractivity contribution in [3.8, 4) is 0 Å². The van der Waals surface area contributed by atoms with Crippen LogP contribution < -0.4 is 5.32 Å². The summed E-state index contributed by atoms with van der Waals surface area (Å²) in [6.45, 7) is 4.27. The van der Waals surface area contributed by atoms with Crippen molar-refractivity contribution in [1.29, 1.82) is 0 Å². The standard InChI is InChI=1S/C23H27BrFN3O2/c1-17(23(30)26-21-11-10-19(24)16-20(21)25)27-12-14-28(15-13-27)22(29)9-5-8-18-6-3-2-4-7-18/h2-4,6-7,10-11,16-17H,5,8-9,12-15H2,1H3,(H,26,30). The highest BCUT2D eigenvalue weighted by molar-refractivity contribution is 9.10. The number of benzene rings is 2. The molecule has 2 aromatic rings. The summed E-state index contributed by atoms with van der Waals surface area (Å²) in [5, 5.41) is 2.65. The average Bonchev–Trinajstić information content (AvgIpc) is 2.76. The fourth-order valence-corrected chi connectivity index (χ4v) is 3.93. The first kappa shape index (κ1) is 22.4. The second-order valence-corrected chi connectivity index (χ2v) is 8.46. The fraction of sp³-hybridized carbons (Fsp3) is 0.391. The third-order valence-corrected chi connectivity index (χ3v) is 5.98. The number of amides is 2. The average molecular weight is 476 g/mol. The zero-order valence-corrected chi connectivity index (χ0v) is 18.7. The lowest BCUT2D eigenvalue weighted by atomic mass is 10.1. The van der Waals surface area contributed by atoms with Gasteiger partial charge in [0.1, 0.15) is 5.82 Å². The van der Waals surface area contributed by atoms with Crippen LogP contribution in [-0.2, 0) is 16.0 Å². The first-order valence-electron chi connectivity index (χ1n) is 10.3. The lowest BCUT2D eigenvalue weighted by Crippen LogP contribution is -2.54. The molecule has 0 saturated carbocycles. The number of carbonyl (C=O) groups excluding carboxylic acids is 2. The number of piperazine rings is 1. The molecule has 0 radical (unpaired) electrons. The maximum atomic E-state index is 14.0. The molecule has 2 amide bonds. The van der Waals surface area contributed by atoms with Crippen LogP contribution in [0, 0.1) is 5.82 Å². The Morgan fingerprint density at radius 2 is 1.80 bits per heavy atom. The number of rotatable bonds is 7. The monoisotopic (exact) mass is 475 g/mol. The third-order valence-electron chi connectivity index (χ3n) is 5.48. The van der Waals surface area contributed by atoms with E-state index in [0.717, 1.165) is 12.8 Å². The quantitative estimate of drug-likeness (QED) is 0.656. The van der Waals surface area contributed by atoms with Crippen molar-refractivity contribution in [3.63, 3.8) is 0 Å². The summed E-state index contributed by atoms with van der Waals surface area (Å²) in [6, 6.07) is 14.3. The Hall–Kier alpha value is -2.25. The minimum absolute atomic E-state index is 0.166. The summed E-state index contributed by atoms with van der Waals surface area (Å²) in [7, 11) is 0. The van der Waals surface area contributed by atoms with Crippen LogP contribution in [0.3, 0.4) is 0 Å². The van der Waals surface area contributed by atoms with Crippen molar-refractivity contribution in [1.82, 2.24) is 9.80 Å². The molecule has 2 aromatic carbocycles. The van der Waals surface area contributed by atoms with Gasteiger partial charge in [0.15, 0.2) is 0 Å². The van der Waals surface area contributed by atoms with E-state index in [2.05, 4.69) is 33.4 Å². The molecule has 1 saturated heterocycles. The lowest BCUT2D eigenvalue weighted by molar-refractivity contribution is -0.133. The van der Waals surface area contributed by atoms with E-state index in [0.29, 0.717) is 37.1 Å². The number of carbonyl (C=O) groups is 2. The Morgan fingerprint density at radius 1 is 1.10 bits per heavy atom. The van der Waals surface area contributed by atoms with Gasteiger partial charge in [-0.15, -0.1) is 0 Å². The highest BCUT2D eigenvalue weighted by atomic mass is 79.9. The van der Waals surface area contributed by atoms with Gasteiger partial charge in [-0.1, -0.05) is 46.3 Å². The number of hydrogen-bond donors (Lipinski definition) is 1. The third kappa shape index (κ3) is 6.12. The van der Waals surface area contributed by atoms with Crippen molar-refractivity contribution in [2.24, 2.45) is 0 Å². The molecule has 1 fully saturated rings. The molecule has 1 N–H and O–H groups in total. The van der Waals surface area contributed by atoms with Gasteiger partial charge in [0.05, 0.1) is 11.7 Å². The van der Waals surface area contributed by atoms with Crippen LogP contribution in [0.4, 0.5) is 10.1 Å². The molecule has 30 heavy (non-hydrogen) atoms. The SMILES string of the molecule is CC(C(=O)Nc1ccc(Br)cc1F)N1CCN(C(=O)CCCc2ccccc2)CC1. The van der Waals surface area contributed by atoms with E-state index in [-0.39, 0.29) is 17.5 Å². The van der Waals surface area contributed by atoms with Gasteiger partial charge in [-0.2, -0.15) is 0 Å². The van der Waals surface area contributed by atoms with Crippen molar-refractivity contribution in [3.05, 3.63) is 64.4 Å². The molecule has 7 heteroatoms. The van der Waals surface area contributed by atoms with Gasteiger partial charge in [0.2, 0.25) is 11.8 Å². The van der Waals surface area contributed by atoms with E-state index in [1.165, 1.54) is 17.7 Å². The highest BCUT2D eigenvalue weighted by Crippen LogP contribution is 2.20. The molecule has 160 valence electrons. The van der Waals surface area contributed by atoms with Crippen LogP contribution in [0.25, 0.3) is 0 Å². The van der Waals surface area contributed by atoms with Gasteiger partial charge >= 0.3 is 0 Å². The van der Waals surface area contributed by atoms with Gasteiger partial charge in [0.25, 0.3) is 0 Å². The predicted molar refractivity (Wildman–Crippen MR) is 120 cm³/mol. The van der Waals surface area contributed by atoms with E-state index in [9.17, 15) is 14.0 Å². The van der Waals surface area contributed by atoms with Gasteiger partial charge in [-0.05, 0) is 43.5 Å². The Morgan fingerprint density at radius 3 is 2.47 bits per heavy atom. The van der Waals surface area contributed by atoms with E-state index in [1.807, 2.05) is 34.9 Å². The van der Waals surface area contributed by atoms with E-state index in [4.69, 9.17) is 0 Å². The summed E-state index contributed by atoms with van der Waals surface area (Å²) in [6.07, 6.45) is 2.27. The van der Waals surface area contributed by atoms with Crippen molar-refractivity contribution in [2.75, 3.05) is 31.5 Å². The molecule has 0 aromatic heterocycles. The zero-order chi connectivity index (χ0) is 21.5. The topological polar surface area (TPSA) is 52.7 Å². The Bertz CT molecular complexity index is 870. The Kier molecular flexibility index (Phi) is 7.99. The Balaban J connectivity index is 1.42. The van der Waals surface area contributed by atoms with E-state index >= 15 is 0 Å². The van der Waals surface area contributed by atoms with Gasteiger partial charge in [0, 0.05) is 37.1 Å². The lowest BCUT2D eigenvalue weighted by Gasteiger charge is -2.37. The molecule has 1 aliphatic heterocycles. The Labute approximate surface area is 185 Å². The number of halogens is 2. The van der Waals surface area contributed by atoms with Gasteiger partial charge in [-0.3, -0.25) is 14.5 Å². The normalized spacial score (nSPS) is 15.6. The molecule has 0 bridgehead atoms. The van der Waals surface area contributed by atoms with E-state index in [1.54, 1.807) is 6.07 Å². The molecule has 0 aliphatic carbocycles. The first-order chi connectivity index (χ1) is 14.4. The van der Waals surface area contributed by atoms with Crippen LogP contribution in [0.1, 0.15) is 25.3 Å². The smallest absolute Gasteiger partial charge is 0.241 e. The number of nitrogens with zero attached hydrogens (tertiary/aromatic N) is 2. The zero-order valence-electron chi connectivity index (χ0n) is 17.1. The van der Waals surface area contributed by atoms with Crippen LogP contribution in [0.15, 0.2) is 53.0 Å². The minimum Gasteiger partial charge on any atom is -0.340 e. The van der Waals surface area contributed by atoms with Crippen LogP contribution in [-0.4, -0.2) is 53.8 Å². The predicted octanol–water partition coefficient (Wildman–Crippen LogP) is 4.08. The van der Waals surface area contributed by atoms with Crippen LogP contribution >= 0.6 is 15.9 Å². The summed E-state index contributed by atoms with van der Waals surface area (Å²) in [4.78, 5) is 28.9. The molecule has 1 aliphatic rings. The molecular formula is C23H27BrFN3O2. The maximum Gasteiger partial charge on any atom is 0.241 e. The largest absolute Gasteiger partial charge is 0.340 e. The molecule has 1 atom stereocenters. The van der Waals surface area contributed by atoms with Crippen LogP contribution in [0.5, 0.6) is 0 Å². The van der Waals surface area contributed by atoms with E-state index < -0.39 is 11.9 Å². The summed E-state index contributed by atoms with van der Waals surface area (Å²) in [5.41, 5.74) is 1.42. The number of anilines is 1. The second-order valence-electron chi connectivity index (χ2n) is 7.55. The number of aryl methyl sites for hydroxylation is 1. The number of nitrogens with one attached hydrogen (secondary N) is 1. The molecule has 5 nitrogen and oxygen atoms in total. The molecule has 0 spiro atoms. The molecular weight excluding hydrogens is 449 g/mol. The highest BCUT2D eigenvalue weighted by Gasteiger charge is 2.27. The van der Waals surface area contributed by atoms with Crippen LogP contribution in [0.2, 0.25) is 0 Å². The minimum atomic E-state index is -0.476. The summed E-state index contributed by atoms with van der Waals surface area (Å²) < 4.78 is 14.6. The maximum absolute atomic E-state index is 14.0. The van der Waals surface area contributed by atoms with Crippen molar-refractivity contribution in [2.45, 2.75) is 32.2 Å². The second kappa shape index (κ2) is 10.7. The summed E-state index contributed by atoms with van der Waals surface area (Å²) in [5.74, 6) is -0.561. The molecule has 1 unspecified atom stereocenters. The van der Waals surface area contributed by atoms with Gasteiger partial charge in [-0.25, -0.2) is 4.39 Å². The number of hydrogen-bond acceptors (Lipinski definition) is 3. The molecule has 1 heterocycles. The molecule has 3 rings (SSSR count). The van der Waals surface area contributed by atoms with Gasteiger partial charge < -0.3 is 10.2 Å².